The van der Waals surface area contributed by atoms with Gasteiger partial charge in [0.1, 0.15) is 17.8 Å². The minimum Gasteiger partial charge on any atom is -0.367 e. The van der Waals surface area contributed by atoms with Gasteiger partial charge in [0.15, 0.2) is 0 Å². The number of carbonyl (C=O) groups excluding carboxylic acids is 1. The van der Waals surface area contributed by atoms with Gasteiger partial charge in [-0.3, -0.25) is 4.90 Å². The number of urea groups is 1. The SMILES string of the molecule is N#CCC1(N2C=C(c3ncnc4[nH]ccc34)C=CCC2)CN(C2CCN(C(=O)Nc3ccc(F)cc3C(F)(F)F)CC2)C1. The topological polar surface area (TPSA) is 104 Å². The molecule has 6 rings (SSSR count). The number of fused-ring (bicyclic) bond motifs is 1. The average Bonchev–Trinajstić information content (AvgIpc) is 3.32. The van der Waals surface area contributed by atoms with Gasteiger partial charge in [-0.25, -0.2) is 19.2 Å². The Labute approximate surface area is 245 Å². The fraction of sp³-hybridized carbons (Fsp3) is 0.400. The summed E-state index contributed by atoms with van der Waals surface area (Å²) in [5, 5.41) is 13.0. The molecule has 0 unspecified atom stereocenters. The molecule has 3 aliphatic rings. The molecule has 3 aromatic rings. The number of alkyl halides is 3. The van der Waals surface area contributed by atoms with Crippen molar-refractivity contribution in [2.45, 2.75) is 43.4 Å². The van der Waals surface area contributed by atoms with Crippen molar-refractivity contribution in [2.24, 2.45) is 0 Å². The Kier molecular flexibility index (Phi) is 7.56. The number of H-pyrrole nitrogens is 1. The molecule has 0 aliphatic carbocycles. The van der Waals surface area contributed by atoms with Gasteiger partial charge in [0.05, 0.1) is 35.0 Å². The van der Waals surface area contributed by atoms with Gasteiger partial charge in [-0.15, -0.1) is 0 Å². The number of amides is 2. The fourth-order valence-electron chi connectivity index (χ4n) is 6.31. The second kappa shape index (κ2) is 11.3. The van der Waals surface area contributed by atoms with E-state index in [0.29, 0.717) is 51.5 Å². The lowest BCUT2D eigenvalue weighted by Gasteiger charge is -2.58. The average molecular weight is 595 g/mol. The van der Waals surface area contributed by atoms with Crippen LogP contribution in [0.3, 0.4) is 0 Å². The fourth-order valence-corrected chi connectivity index (χ4v) is 6.31. The molecule has 0 saturated carbocycles. The van der Waals surface area contributed by atoms with Crippen molar-refractivity contribution >= 4 is 28.3 Å². The molecule has 0 radical (unpaired) electrons. The van der Waals surface area contributed by atoms with Crippen LogP contribution in [0.5, 0.6) is 0 Å². The maximum atomic E-state index is 13.4. The monoisotopic (exact) mass is 594 g/mol. The third-order valence-electron chi connectivity index (χ3n) is 8.57. The molecule has 2 aromatic heterocycles. The standard InChI is InChI=1S/C30H30F4N8O/c31-21-4-5-25(24(15-21)30(32,33)34)39-28(43)40-13-7-22(8-14-40)41-17-29(18-41,9-10-35)42-12-2-1-3-20(16-42)26-23-6-11-36-27(23)38-19-37-26/h1,3-6,11,15-16,19,22H,2,7-9,12-14,17-18H2,(H,39,43)(H,36,37,38). The lowest BCUT2D eigenvalue weighted by molar-refractivity contribution is -0.137. The van der Waals surface area contributed by atoms with Gasteiger partial charge in [-0.1, -0.05) is 12.2 Å². The summed E-state index contributed by atoms with van der Waals surface area (Å²) in [5.74, 6) is -1.02. The van der Waals surface area contributed by atoms with Gasteiger partial charge in [-0.05, 0) is 43.5 Å². The number of piperidine rings is 1. The highest BCUT2D eigenvalue weighted by Gasteiger charge is 2.49. The third-order valence-corrected chi connectivity index (χ3v) is 8.57. The van der Waals surface area contributed by atoms with Crippen molar-refractivity contribution in [3.8, 4) is 6.07 Å². The molecule has 43 heavy (non-hydrogen) atoms. The van der Waals surface area contributed by atoms with Crippen molar-refractivity contribution in [1.82, 2.24) is 29.7 Å². The van der Waals surface area contributed by atoms with Crippen molar-refractivity contribution < 1.29 is 22.4 Å². The Morgan fingerprint density at radius 2 is 1.95 bits per heavy atom. The van der Waals surface area contributed by atoms with Gasteiger partial charge in [0.25, 0.3) is 0 Å². The van der Waals surface area contributed by atoms with Crippen molar-refractivity contribution in [2.75, 3.05) is 38.0 Å². The van der Waals surface area contributed by atoms with E-state index >= 15 is 0 Å². The predicted molar refractivity (Wildman–Crippen MR) is 152 cm³/mol. The second-order valence-corrected chi connectivity index (χ2v) is 11.2. The number of rotatable bonds is 5. The number of allylic oxidation sites excluding steroid dienone is 2. The van der Waals surface area contributed by atoms with Crippen molar-refractivity contribution in [1.29, 1.82) is 5.26 Å². The number of benzene rings is 1. The van der Waals surface area contributed by atoms with Crippen molar-refractivity contribution in [3.63, 3.8) is 0 Å². The summed E-state index contributed by atoms with van der Waals surface area (Å²) < 4.78 is 53.5. The quantitative estimate of drug-likeness (QED) is 0.385. The zero-order valence-electron chi connectivity index (χ0n) is 23.2. The van der Waals surface area contributed by atoms with E-state index in [1.807, 2.05) is 12.3 Å². The smallest absolute Gasteiger partial charge is 0.367 e. The number of anilines is 1. The molecule has 2 saturated heterocycles. The van der Waals surface area contributed by atoms with E-state index in [2.05, 4.69) is 54.5 Å². The number of nitrogens with one attached hydrogen (secondary N) is 2. The number of aromatic nitrogens is 3. The Balaban J connectivity index is 1.10. The van der Waals surface area contributed by atoms with Gasteiger partial charge >= 0.3 is 12.2 Å². The molecular formula is C30H30F4N8O. The summed E-state index contributed by atoms with van der Waals surface area (Å²) in [6, 6.07) is 6.07. The molecule has 9 nitrogen and oxygen atoms in total. The number of nitriles is 1. The zero-order chi connectivity index (χ0) is 30.2. The minimum atomic E-state index is -4.80. The van der Waals surface area contributed by atoms with Crippen LogP contribution in [0, 0.1) is 17.1 Å². The van der Waals surface area contributed by atoms with E-state index in [9.17, 15) is 27.6 Å². The van der Waals surface area contributed by atoms with Crippen LogP contribution >= 0.6 is 0 Å². The highest BCUT2D eigenvalue weighted by molar-refractivity contribution is 5.91. The summed E-state index contributed by atoms with van der Waals surface area (Å²) in [6.45, 7) is 2.89. The molecule has 13 heteroatoms. The lowest BCUT2D eigenvalue weighted by Crippen LogP contribution is -2.71. The number of hydrogen-bond donors (Lipinski definition) is 2. The summed E-state index contributed by atoms with van der Waals surface area (Å²) >= 11 is 0. The van der Waals surface area contributed by atoms with Gasteiger partial charge < -0.3 is 20.1 Å². The lowest BCUT2D eigenvalue weighted by atomic mass is 9.82. The van der Waals surface area contributed by atoms with Crippen LogP contribution < -0.4 is 5.32 Å². The number of carbonyl (C=O) groups is 1. The van der Waals surface area contributed by atoms with E-state index in [1.165, 1.54) is 11.2 Å². The van der Waals surface area contributed by atoms with Crippen LogP contribution in [-0.4, -0.2) is 80.0 Å². The van der Waals surface area contributed by atoms with E-state index in [4.69, 9.17) is 0 Å². The first-order valence-electron chi connectivity index (χ1n) is 14.1. The summed E-state index contributed by atoms with van der Waals surface area (Å²) in [6.07, 6.45) is 7.35. The first kappa shape index (κ1) is 28.7. The number of halogens is 4. The summed E-state index contributed by atoms with van der Waals surface area (Å²) in [5.41, 5.74) is 0.490. The molecule has 5 heterocycles. The molecule has 3 aliphatic heterocycles. The minimum absolute atomic E-state index is 0.183. The first-order chi connectivity index (χ1) is 20.7. The van der Waals surface area contributed by atoms with Crippen LogP contribution in [0.25, 0.3) is 16.6 Å². The van der Waals surface area contributed by atoms with E-state index in [1.54, 1.807) is 0 Å². The largest absolute Gasteiger partial charge is 0.418 e. The summed E-state index contributed by atoms with van der Waals surface area (Å²) in [4.78, 5) is 30.8. The van der Waals surface area contributed by atoms with Crippen molar-refractivity contribution in [3.05, 3.63) is 72.2 Å². The summed E-state index contributed by atoms with van der Waals surface area (Å²) in [7, 11) is 0. The Morgan fingerprint density at radius 3 is 2.70 bits per heavy atom. The van der Waals surface area contributed by atoms with Crippen LogP contribution in [0.15, 0.2) is 55.1 Å². The molecule has 0 spiro atoms. The number of aromatic amines is 1. The van der Waals surface area contributed by atoms with Gasteiger partial charge in [-0.2, -0.15) is 18.4 Å². The maximum Gasteiger partial charge on any atom is 0.418 e. The van der Waals surface area contributed by atoms with Crippen LogP contribution in [0.2, 0.25) is 0 Å². The molecule has 2 amide bonds. The van der Waals surface area contributed by atoms with E-state index < -0.39 is 29.3 Å². The van der Waals surface area contributed by atoms with Crippen LogP contribution in [0.1, 0.15) is 36.9 Å². The number of nitrogens with zero attached hydrogens (tertiary/aromatic N) is 6. The number of likely N-dealkylation sites (tertiary alicyclic amines) is 2. The second-order valence-electron chi connectivity index (χ2n) is 11.2. The van der Waals surface area contributed by atoms with Gasteiger partial charge in [0.2, 0.25) is 0 Å². The third kappa shape index (κ3) is 5.67. The zero-order valence-corrected chi connectivity index (χ0v) is 23.2. The van der Waals surface area contributed by atoms with Gasteiger partial charge in [0, 0.05) is 62.1 Å². The highest BCUT2D eigenvalue weighted by Crippen LogP contribution is 2.38. The van der Waals surface area contributed by atoms with E-state index in [0.717, 1.165) is 47.4 Å². The molecule has 224 valence electrons. The molecule has 2 N–H and O–H groups in total. The predicted octanol–water partition coefficient (Wildman–Crippen LogP) is 5.38. The molecule has 1 aromatic carbocycles. The Hall–Kier alpha value is -4.44. The normalized spacial score (nSPS) is 19.5. The Morgan fingerprint density at radius 1 is 1.16 bits per heavy atom. The maximum absolute atomic E-state index is 13.4. The van der Waals surface area contributed by atoms with E-state index in [-0.39, 0.29) is 11.6 Å². The number of hydrogen-bond acceptors (Lipinski definition) is 6. The van der Waals surface area contributed by atoms with Crippen LogP contribution in [0.4, 0.5) is 28.0 Å². The molecular weight excluding hydrogens is 564 g/mol. The molecule has 0 bridgehead atoms. The Bertz CT molecular complexity index is 1610. The molecule has 2 fully saturated rings. The first-order valence-corrected chi connectivity index (χ1v) is 14.1. The molecule has 0 atom stereocenters. The van der Waals surface area contributed by atoms with Crippen LogP contribution in [-0.2, 0) is 6.18 Å². The highest BCUT2D eigenvalue weighted by atomic mass is 19.4.